The molecule has 1 N–H and O–H groups in total. The Morgan fingerprint density at radius 3 is 2.76 bits per heavy atom. The van der Waals surface area contributed by atoms with E-state index >= 15 is 0 Å². The molecule has 21 heavy (non-hydrogen) atoms. The first-order valence-electron chi connectivity index (χ1n) is 6.19. The summed E-state index contributed by atoms with van der Waals surface area (Å²) >= 11 is 6.81. The third-order valence-electron chi connectivity index (χ3n) is 2.92. The molecule has 3 rings (SSSR count). The van der Waals surface area contributed by atoms with E-state index in [1.807, 2.05) is 36.4 Å². The molecule has 1 aromatic heterocycles. The minimum atomic E-state index is -0.158. The second kappa shape index (κ2) is 5.99. The largest absolute Gasteiger partial charge is 0.485 e. The molecule has 0 aliphatic rings. The first kappa shape index (κ1) is 14.3. The predicted octanol–water partition coefficient (Wildman–Crippen LogP) is 4.03. The molecule has 0 spiro atoms. The van der Waals surface area contributed by atoms with Crippen LogP contribution >= 0.6 is 31.9 Å². The quantitative estimate of drug-likeness (QED) is 0.710. The van der Waals surface area contributed by atoms with Crippen molar-refractivity contribution in [1.29, 1.82) is 0 Å². The summed E-state index contributed by atoms with van der Waals surface area (Å²) in [4.78, 5) is 19.1. The van der Waals surface area contributed by atoms with E-state index in [2.05, 4.69) is 41.8 Å². The highest BCUT2D eigenvalue weighted by Gasteiger charge is 2.06. The van der Waals surface area contributed by atoms with Crippen molar-refractivity contribution in [1.82, 2.24) is 9.97 Å². The van der Waals surface area contributed by atoms with Gasteiger partial charge >= 0.3 is 0 Å². The molecule has 0 aliphatic heterocycles. The Hall–Kier alpha value is -1.66. The van der Waals surface area contributed by atoms with Crippen molar-refractivity contribution < 1.29 is 4.74 Å². The van der Waals surface area contributed by atoms with Crippen LogP contribution in [0.15, 0.2) is 56.2 Å². The lowest BCUT2D eigenvalue weighted by Crippen LogP contribution is -2.13. The second-order valence-electron chi connectivity index (χ2n) is 4.39. The number of hydrogen-bond donors (Lipinski definition) is 1. The van der Waals surface area contributed by atoms with Crippen LogP contribution in [-0.4, -0.2) is 9.97 Å². The van der Waals surface area contributed by atoms with Gasteiger partial charge in [0.05, 0.1) is 15.4 Å². The van der Waals surface area contributed by atoms with Crippen molar-refractivity contribution in [3.05, 3.63) is 67.6 Å². The SMILES string of the molecule is O=c1[nH]c(COc2ccc(Br)cc2Br)nc2ccccc12. The van der Waals surface area contributed by atoms with Crippen LogP contribution < -0.4 is 10.3 Å². The lowest BCUT2D eigenvalue weighted by molar-refractivity contribution is 0.294. The van der Waals surface area contributed by atoms with E-state index in [9.17, 15) is 4.79 Å². The number of para-hydroxylation sites is 1. The van der Waals surface area contributed by atoms with Gasteiger partial charge in [-0.3, -0.25) is 4.79 Å². The van der Waals surface area contributed by atoms with Gasteiger partial charge in [0, 0.05) is 4.47 Å². The summed E-state index contributed by atoms with van der Waals surface area (Å²) in [6.07, 6.45) is 0. The maximum Gasteiger partial charge on any atom is 0.258 e. The topological polar surface area (TPSA) is 55.0 Å². The van der Waals surface area contributed by atoms with E-state index in [1.165, 1.54) is 0 Å². The minimum absolute atomic E-state index is 0.158. The molecule has 0 saturated carbocycles. The van der Waals surface area contributed by atoms with E-state index in [4.69, 9.17) is 4.74 Å². The van der Waals surface area contributed by atoms with Gasteiger partial charge in [-0.2, -0.15) is 0 Å². The number of H-pyrrole nitrogens is 1. The van der Waals surface area contributed by atoms with Crippen LogP contribution in [0.3, 0.4) is 0 Å². The molecular weight excluding hydrogens is 400 g/mol. The zero-order chi connectivity index (χ0) is 14.8. The van der Waals surface area contributed by atoms with Gasteiger partial charge in [0.1, 0.15) is 18.2 Å². The maximum absolute atomic E-state index is 12.0. The molecule has 4 nitrogen and oxygen atoms in total. The number of aromatic nitrogens is 2. The molecular formula is C15H10Br2N2O2. The molecule has 3 aromatic rings. The fourth-order valence-electron chi connectivity index (χ4n) is 1.94. The van der Waals surface area contributed by atoms with Crippen LogP contribution in [0.2, 0.25) is 0 Å². The molecule has 0 bridgehead atoms. The van der Waals surface area contributed by atoms with Gasteiger partial charge < -0.3 is 9.72 Å². The Kier molecular flexibility index (Phi) is 4.07. The zero-order valence-electron chi connectivity index (χ0n) is 10.8. The number of nitrogens with one attached hydrogen (secondary N) is 1. The van der Waals surface area contributed by atoms with Crippen LogP contribution in [0.5, 0.6) is 5.75 Å². The lowest BCUT2D eigenvalue weighted by atomic mass is 10.2. The van der Waals surface area contributed by atoms with Crippen molar-refractivity contribution in [2.24, 2.45) is 0 Å². The molecule has 1 heterocycles. The van der Waals surface area contributed by atoms with Gasteiger partial charge in [-0.25, -0.2) is 4.98 Å². The summed E-state index contributed by atoms with van der Waals surface area (Å²) in [6.45, 7) is 0.195. The number of aromatic amines is 1. The first-order valence-corrected chi connectivity index (χ1v) is 7.78. The van der Waals surface area contributed by atoms with Crippen LogP contribution in [0.4, 0.5) is 0 Å². The van der Waals surface area contributed by atoms with Crippen molar-refractivity contribution in [3.8, 4) is 5.75 Å². The van der Waals surface area contributed by atoms with Crippen LogP contribution in [0.25, 0.3) is 10.9 Å². The molecule has 0 aliphatic carbocycles. The molecule has 0 atom stereocenters. The number of ether oxygens (including phenoxy) is 1. The summed E-state index contributed by atoms with van der Waals surface area (Å²) in [5, 5.41) is 0.575. The highest BCUT2D eigenvalue weighted by atomic mass is 79.9. The van der Waals surface area contributed by atoms with E-state index in [1.54, 1.807) is 6.07 Å². The molecule has 0 saturated heterocycles. The Morgan fingerprint density at radius 1 is 1.14 bits per heavy atom. The van der Waals surface area contributed by atoms with Crippen LogP contribution in [0, 0.1) is 0 Å². The summed E-state index contributed by atoms with van der Waals surface area (Å²) in [5.74, 6) is 1.18. The predicted molar refractivity (Wildman–Crippen MR) is 88.5 cm³/mol. The van der Waals surface area contributed by atoms with Gasteiger partial charge in [0.2, 0.25) is 0 Å². The zero-order valence-corrected chi connectivity index (χ0v) is 13.9. The van der Waals surface area contributed by atoms with Crippen LogP contribution in [0.1, 0.15) is 5.82 Å². The minimum Gasteiger partial charge on any atom is -0.485 e. The monoisotopic (exact) mass is 408 g/mol. The van der Waals surface area contributed by atoms with Gasteiger partial charge in [0.25, 0.3) is 5.56 Å². The maximum atomic E-state index is 12.0. The smallest absolute Gasteiger partial charge is 0.258 e. The Bertz CT molecular complexity index is 862. The lowest BCUT2D eigenvalue weighted by Gasteiger charge is -2.08. The van der Waals surface area contributed by atoms with Crippen LogP contribution in [-0.2, 0) is 6.61 Å². The van der Waals surface area contributed by atoms with Crippen molar-refractivity contribution in [2.75, 3.05) is 0 Å². The third-order valence-corrected chi connectivity index (χ3v) is 4.03. The number of halogens is 2. The summed E-state index contributed by atoms with van der Waals surface area (Å²) in [7, 11) is 0. The van der Waals surface area contributed by atoms with E-state index in [0.717, 1.165) is 8.95 Å². The number of hydrogen-bond acceptors (Lipinski definition) is 3. The third kappa shape index (κ3) is 3.16. The summed E-state index contributed by atoms with van der Waals surface area (Å²) in [6, 6.07) is 12.8. The number of rotatable bonds is 3. The molecule has 0 unspecified atom stereocenters. The molecule has 0 fully saturated rings. The average molecular weight is 410 g/mol. The average Bonchev–Trinajstić information content (AvgIpc) is 2.46. The Balaban J connectivity index is 1.87. The summed E-state index contributed by atoms with van der Waals surface area (Å²) in [5.41, 5.74) is 0.504. The standard InChI is InChI=1S/C15H10Br2N2O2/c16-9-5-6-13(11(17)7-9)21-8-14-18-12-4-2-1-3-10(12)15(20)19-14/h1-7H,8H2,(H,18,19,20). The van der Waals surface area contributed by atoms with E-state index in [-0.39, 0.29) is 12.2 Å². The van der Waals surface area contributed by atoms with Gasteiger partial charge in [-0.1, -0.05) is 28.1 Å². The van der Waals surface area contributed by atoms with E-state index < -0.39 is 0 Å². The highest BCUT2D eigenvalue weighted by Crippen LogP contribution is 2.28. The van der Waals surface area contributed by atoms with Gasteiger partial charge in [-0.05, 0) is 46.3 Å². The number of nitrogens with zero attached hydrogens (tertiary/aromatic N) is 1. The first-order chi connectivity index (χ1) is 10.1. The molecule has 0 radical (unpaired) electrons. The molecule has 0 amide bonds. The van der Waals surface area contributed by atoms with E-state index in [0.29, 0.717) is 22.5 Å². The highest BCUT2D eigenvalue weighted by molar-refractivity contribution is 9.11. The Labute approximate surface area is 137 Å². The van der Waals surface area contributed by atoms with Gasteiger partial charge in [0.15, 0.2) is 0 Å². The van der Waals surface area contributed by atoms with Gasteiger partial charge in [-0.15, -0.1) is 0 Å². The fourth-order valence-corrected chi connectivity index (χ4v) is 3.10. The van der Waals surface area contributed by atoms with Crippen molar-refractivity contribution in [2.45, 2.75) is 6.61 Å². The number of fused-ring (bicyclic) bond motifs is 1. The number of benzene rings is 2. The molecule has 106 valence electrons. The Morgan fingerprint density at radius 2 is 1.95 bits per heavy atom. The van der Waals surface area contributed by atoms with Crippen molar-refractivity contribution in [3.63, 3.8) is 0 Å². The second-order valence-corrected chi connectivity index (χ2v) is 6.16. The van der Waals surface area contributed by atoms with Crippen molar-refractivity contribution >= 4 is 42.8 Å². The summed E-state index contributed by atoms with van der Waals surface area (Å²) < 4.78 is 7.47. The molecule has 6 heteroatoms. The normalized spacial score (nSPS) is 10.8. The molecule has 2 aromatic carbocycles. The fraction of sp³-hybridized carbons (Fsp3) is 0.0667.